The highest BCUT2D eigenvalue weighted by atomic mass is 35.5. The Kier molecular flexibility index (Phi) is 4.06. The molecule has 22 heavy (non-hydrogen) atoms. The zero-order chi connectivity index (χ0) is 15.5. The minimum absolute atomic E-state index is 0.100. The lowest BCUT2D eigenvalue weighted by molar-refractivity contribution is 0.0527. The van der Waals surface area contributed by atoms with Gasteiger partial charge in [-0.2, -0.15) is 0 Å². The van der Waals surface area contributed by atoms with Crippen molar-refractivity contribution < 1.29 is 9.53 Å². The minimum Gasteiger partial charge on any atom is -0.462 e. The van der Waals surface area contributed by atoms with Crippen LogP contribution in [0.1, 0.15) is 28.5 Å². The van der Waals surface area contributed by atoms with E-state index in [0.29, 0.717) is 29.6 Å². The van der Waals surface area contributed by atoms with E-state index in [9.17, 15) is 4.79 Å². The molecule has 0 atom stereocenters. The van der Waals surface area contributed by atoms with E-state index in [1.54, 1.807) is 13.1 Å². The van der Waals surface area contributed by atoms with Crippen molar-refractivity contribution in [2.45, 2.75) is 13.3 Å². The van der Waals surface area contributed by atoms with E-state index in [2.05, 4.69) is 15.0 Å². The van der Waals surface area contributed by atoms with Crippen LogP contribution in [0.4, 0.5) is 0 Å². The third-order valence-electron chi connectivity index (χ3n) is 3.29. The average Bonchev–Trinajstić information content (AvgIpc) is 2.85. The molecule has 5 nitrogen and oxygen atoms in total. The molecule has 0 spiro atoms. The van der Waals surface area contributed by atoms with Gasteiger partial charge in [-0.3, -0.25) is 0 Å². The predicted molar refractivity (Wildman–Crippen MR) is 84.1 cm³/mol. The van der Waals surface area contributed by atoms with Crippen LogP contribution in [0.25, 0.3) is 11.0 Å². The van der Waals surface area contributed by atoms with E-state index >= 15 is 0 Å². The molecule has 0 aliphatic rings. The Balaban J connectivity index is 2.11. The number of hydrogen-bond donors (Lipinski definition) is 1. The molecule has 3 rings (SSSR count). The van der Waals surface area contributed by atoms with E-state index in [-0.39, 0.29) is 5.28 Å². The number of H-pyrrole nitrogens is 1. The van der Waals surface area contributed by atoms with Crippen LogP contribution >= 0.6 is 11.6 Å². The summed E-state index contributed by atoms with van der Waals surface area (Å²) in [5.41, 5.74) is 3.41. The van der Waals surface area contributed by atoms with E-state index in [1.807, 2.05) is 30.3 Å². The third-order valence-corrected chi connectivity index (χ3v) is 3.47. The monoisotopic (exact) mass is 315 g/mol. The zero-order valence-corrected chi connectivity index (χ0v) is 12.7. The van der Waals surface area contributed by atoms with Crippen molar-refractivity contribution in [2.75, 3.05) is 6.61 Å². The van der Waals surface area contributed by atoms with Gasteiger partial charge in [-0.15, -0.1) is 0 Å². The average molecular weight is 316 g/mol. The summed E-state index contributed by atoms with van der Waals surface area (Å²) >= 11 is 5.85. The highest BCUT2D eigenvalue weighted by Crippen LogP contribution is 2.24. The first-order chi connectivity index (χ1) is 10.7. The van der Waals surface area contributed by atoms with Gasteiger partial charge in [-0.1, -0.05) is 30.3 Å². The van der Waals surface area contributed by atoms with Gasteiger partial charge in [0, 0.05) is 12.1 Å². The van der Waals surface area contributed by atoms with Crippen molar-refractivity contribution in [3.8, 4) is 0 Å². The van der Waals surface area contributed by atoms with Crippen LogP contribution in [0.3, 0.4) is 0 Å². The van der Waals surface area contributed by atoms with Crippen molar-refractivity contribution in [3.05, 3.63) is 58.6 Å². The number of aromatic nitrogens is 3. The Morgan fingerprint density at radius 1 is 1.32 bits per heavy atom. The molecule has 0 saturated heterocycles. The molecule has 112 valence electrons. The van der Waals surface area contributed by atoms with Gasteiger partial charge in [0.25, 0.3) is 0 Å². The van der Waals surface area contributed by atoms with E-state index in [4.69, 9.17) is 16.3 Å². The molecule has 0 aliphatic heterocycles. The van der Waals surface area contributed by atoms with E-state index < -0.39 is 5.97 Å². The second-order valence-corrected chi connectivity index (χ2v) is 5.10. The lowest BCUT2D eigenvalue weighted by Crippen LogP contribution is -2.08. The first kappa shape index (κ1) is 14.5. The highest BCUT2D eigenvalue weighted by molar-refractivity contribution is 6.28. The summed E-state index contributed by atoms with van der Waals surface area (Å²) in [6.07, 6.45) is 2.14. The SMILES string of the molecule is CCOC(=O)c1c(Cc2ccccc2)[nH]c2cnc(Cl)nc12. The number of esters is 1. The van der Waals surface area contributed by atoms with Crippen molar-refractivity contribution in [1.82, 2.24) is 15.0 Å². The molecular formula is C16H14ClN3O2. The Bertz CT molecular complexity index is 815. The lowest BCUT2D eigenvalue weighted by Gasteiger charge is -2.04. The zero-order valence-electron chi connectivity index (χ0n) is 12.0. The number of carbonyl (C=O) groups excluding carboxylic acids is 1. The Labute approximate surface area is 132 Å². The number of nitrogens with zero attached hydrogens (tertiary/aromatic N) is 2. The number of rotatable bonds is 4. The van der Waals surface area contributed by atoms with Gasteiger partial charge in [-0.25, -0.2) is 14.8 Å². The maximum Gasteiger partial charge on any atom is 0.342 e. The van der Waals surface area contributed by atoms with Crippen molar-refractivity contribution in [1.29, 1.82) is 0 Å². The quantitative estimate of drug-likeness (QED) is 0.592. The molecule has 3 aromatic rings. The second kappa shape index (κ2) is 6.15. The molecule has 0 fully saturated rings. The van der Waals surface area contributed by atoms with Crippen molar-refractivity contribution >= 4 is 28.6 Å². The van der Waals surface area contributed by atoms with Crippen LogP contribution in [-0.2, 0) is 11.2 Å². The molecular weight excluding hydrogens is 302 g/mol. The maximum absolute atomic E-state index is 12.3. The number of hydrogen-bond acceptors (Lipinski definition) is 4. The summed E-state index contributed by atoms with van der Waals surface area (Å²) in [6.45, 7) is 2.07. The smallest absolute Gasteiger partial charge is 0.342 e. The summed E-state index contributed by atoms with van der Waals surface area (Å²) in [5.74, 6) is -0.408. The number of nitrogens with one attached hydrogen (secondary N) is 1. The largest absolute Gasteiger partial charge is 0.462 e. The molecule has 0 radical (unpaired) electrons. The molecule has 0 amide bonds. The fourth-order valence-electron chi connectivity index (χ4n) is 2.37. The maximum atomic E-state index is 12.3. The van der Waals surface area contributed by atoms with Gasteiger partial charge in [-0.05, 0) is 24.1 Å². The highest BCUT2D eigenvalue weighted by Gasteiger charge is 2.21. The van der Waals surface area contributed by atoms with Crippen LogP contribution in [0, 0.1) is 0 Å². The van der Waals surface area contributed by atoms with Gasteiger partial charge in [0.15, 0.2) is 0 Å². The van der Waals surface area contributed by atoms with Crippen LogP contribution < -0.4 is 0 Å². The number of ether oxygens (including phenoxy) is 1. The number of halogens is 1. The molecule has 0 bridgehead atoms. The van der Waals surface area contributed by atoms with Crippen molar-refractivity contribution in [2.24, 2.45) is 0 Å². The molecule has 0 aliphatic carbocycles. The second-order valence-electron chi connectivity index (χ2n) is 4.76. The summed E-state index contributed by atoms with van der Waals surface area (Å²) in [7, 11) is 0. The first-order valence-electron chi connectivity index (χ1n) is 6.93. The van der Waals surface area contributed by atoms with Crippen LogP contribution in [0.5, 0.6) is 0 Å². The van der Waals surface area contributed by atoms with Crippen LogP contribution in [0.2, 0.25) is 5.28 Å². The van der Waals surface area contributed by atoms with E-state index in [0.717, 1.165) is 11.3 Å². The van der Waals surface area contributed by atoms with E-state index in [1.165, 1.54) is 0 Å². The molecule has 2 heterocycles. The number of benzene rings is 1. The minimum atomic E-state index is -0.408. The Hall–Kier alpha value is -2.40. The lowest BCUT2D eigenvalue weighted by atomic mass is 10.1. The molecule has 1 aromatic carbocycles. The van der Waals surface area contributed by atoms with Gasteiger partial charge >= 0.3 is 5.97 Å². The topological polar surface area (TPSA) is 67.9 Å². The molecule has 6 heteroatoms. The predicted octanol–water partition coefficient (Wildman–Crippen LogP) is 3.38. The standard InChI is InChI=1S/C16H14ClN3O2/c1-2-22-15(21)13-11(8-10-6-4-3-5-7-10)19-12-9-18-16(17)20-14(12)13/h3-7,9,19H,2,8H2,1H3. The number of aromatic amines is 1. The fourth-order valence-corrected chi connectivity index (χ4v) is 2.50. The Morgan fingerprint density at radius 3 is 2.82 bits per heavy atom. The van der Waals surface area contributed by atoms with Crippen molar-refractivity contribution in [3.63, 3.8) is 0 Å². The van der Waals surface area contributed by atoms with Gasteiger partial charge in [0.1, 0.15) is 11.1 Å². The van der Waals surface area contributed by atoms with Gasteiger partial charge in [0.05, 0.1) is 18.3 Å². The van der Waals surface area contributed by atoms with Gasteiger partial charge in [0.2, 0.25) is 5.28 Å². The number of fused-ring (bicyclic) bond motifs is 1. The first-order valence-corrected chi connectivity index (χ1v) is 7.31. The van der Waals surface area contributed by atoms with Crippen LogP contribution in [0.15, 0.2) is 36.5 Å². The molecule has 0 unspecified atom stereocenters. The molecule has 1 N–H and O–H groups in total. The fraction of sp³-hybridized carbons (Fsp3) is 0.188. The Morgan fingerprint density at radius 2 is 2.09 bits per heavy atom. The molecule has 2 aromatic heterocycles. The van der Waals surface area contributed by atoms with Gasteiger partial charge < -0.3 is 9.72 Å². The molecule has 0 saturated carbocycles. The summed E-state index contributed by atoms with van der Waals surface area (Å²) < 4.78 is 5.15. The summed E-state index contributed by atoms with van der Waals surface area (Å²) in [6, 6.07) is 9.86. The summed E-state index contributed by atoms with van der Waals surface area (Å²) in [4.78, 5) is 23.6. The normalized spacial score (nSPS) is 10.8. The number of carbonyl (C=O) groups is 1. The summed E-state index contributed by atoms with van der Waals surface area (Å²) in [5, 5.41) is 0.100. The van der Waals surface area contributed by atoms with Crippen LogP contribution in [-0.4, -0.2) is 27.5 Å². The third kappa shape index (κ3) is 2.80.